The molecule has 1 rings (SSSR count). The molecule has 0 aromatic carbocycles. The van der Waals surface area contributed by atoms with Crippen LogP contribution in [0.5, 0.6) is 0 Å². The molecule has 86 valence electrons. The number of aliphatic hydroxyl groups excluding tert-OH is 1. The van der Waals surface area contributed by atoms with Crippen LogP contribution in [0.25, 0.3) is 0 Å². The lowest BCUT2D eigenvalue weighted by Gasteiger charge is -2.23. The first-order valence-electron chi connectivity index (χ1n) is 5.16. The Morgan fingerprint density at radius 2 is 2.27 bits per heavy atom. The molecule has 0 saturated carbocycles. The molecule has 0 aliphatic carbocycles. The summed E-state index contributed by atoms with van der Waals surface area (Å²) < 4.78 is 4.80. The third kappa shape index (κ3) is 2.28. The predicted molar refractivity (Wildman–Crippen MR) is 53.1 cm³/mol. The molecule has 0 aromatic rings. The lowest BCUT2D eigenvalue weighted by atomic mass is 10.0. The predicted octanol–water partition coefficient (Wildman–Crippen LogP) is 0.761. The summed E-state index contributed by atoms with van der Waals surface area (Å²) in [7, 11) is 0. The maximum atomic E-state index is 11.8. The quantitative estimate of drug-likeness (QED) is 0.754. The summed E-state index contributed by atoms with van der Waals surface area (Å²) in [5.41, 5.74) is 0. The molecule has 2 amide bonds. The molecular formula is C10H17NO4. The molecule has 1 fully saturated rings. The third-order valence-electron chi connectivity index (χ3n) is 2.78. The first-order valence-corrected chi connectivity index (χ1v) is 5.16. The fraction of sp³-hybridized carbons (Fsp3) is 0.800. The van der Waals surface area contributed by atoms with Gasteiger partial charge in [-0.25, -0.2) is 9.69 Å². The second-order valence-electron chi connectivity index (χ2n) is 3.88. The number of aliphatic hydroxyl groups is 1. The molecule has 15 heavy (non-hydrogen) atoms. The highest BCUT2D eigenvalue weighted by Crippen LogP contribution is 2.19. The zero-order valence-electron chi connectivity index (χ0n) is 9.27. The van der Waals surface area contributed by atoms with E-state index in [1.54, 1.807) is 6.92 Å². The van der Waals surface area contributed by atoms with Crippen molar-refractivity contribution in [2.24, 2.45) is 5.92 Å². The summed E-state index contributed by atoms with van der Waals surface area (Å²) in [5, 5.41) is 9.30. The molecule has 1 heterocycles. The number of rotatable bonds is 3. The molecule has 5 heteroatoms. The van der Waals surface area contributed by atoms with Gasteiger partial charge in [-0.3, -0.25) is 4.79 Å². The van der Waals surface area contributed by atoms with Crippen LogP contribution >= 0.6 is 0 Å². The smallest absolute Gasteiger partial charge is 0.416 e. The maximum Gasteiger partial charge on any atom is 0.416 e. The van der Waals surface area contributed by atoms with Crippen LogP contribution in [0.1, 0.15) is 27.2 Å². The average Bonchev–Trinajstić information content (AvgIpc) is 2.57. The van der Waals surface area contributed by atoms with Crippen molar-refractivity contribution in [2.75, 3.05) is 6.61 Å². The Morgan fingerprint density at radius 1 is 1.67 bits per heavy atom. The van der Waals surface area contributed by atoms with Gasteiger partial charge in [0.15, 0.2) is 0 Å². The number of nitrogens with zero attached hydrogens (tertiary/aromatic N) is 1. The molecule has 0 unspecified atom stereocenters. The van der Waals surface area contributed by atoms with Gasteiger partial charge in [0, 0.05) is 0 Å². The van der Waals surface area contributed by atoms with Gasteiger partial charge in [0.2, 0.25) is 5.91 Å². The standard InChI is InChI=1S/C10H17NO4/c1-4-8-5-15-10(14)11(8)9(13)6(2)7(3)12/h6-8,12H,4-5H2,1-3H3/t6-,7+,8-/m0/s1. The molecule has 0 spiro atoms. The van der Waals surface area contributed by atoms with Gasteiger partial charge >= 0.3 is 6.09 Å². The lowest BCUT2D eigenvalue weighted by Crippen LogP contribution is -2.44. The zero-order chi connectivity index (χ0) is 11.6. The number of hydrogen-bond acceptors (Lipinski definition) is 4. The van der Waals surface area contributed by atoms with Gasteiger partial charge < -0.3 is 9.84 Å². The Morgan fingerprint density at radius 3 is 2.73 bits per heavy atom. The molecule has 1 N–H and O–H groups in total. The van der Waals surface area contributed by atoms with Gasteiger partial charge in [-0.2, -0.15) is 0 Å². The van der Waals surface area contributed by atoms with Crippen molar-refractivity contribution in [2.45, 2.75) is 39.3 Å². The van der Waals surface area contributed by atoms with Crippen molar-refractivity contribution in [1.82, 2.24) is 4.90 Å². The van der Waals surface area contributed by atoms with E-state index in [9.17, 15) is 14.7 Å². The van der Waals surface area contributed by atoms with E-state index >= 15 is 0 Å². The summed E-state index contributed by atoms with van der Waals surface area (Å²) >= 11 is 0. The van der Waals surface area contributed by atoms with Crippen LogP contribution < -0.4 is 0 Å². The second-order valence-corrected chi connectivity index (χ2v) is 3.88. The zero-order valence-corrected chi connectivity index (χ0v) is 9.27. The SMILES string of the molecule is CC[C@H]1COC(=O)N1C(=O)[C@@H](C)[C@@H](C)O. The summed E-state index contributed by atoms with van der Waals surface area (Å²) in [6.45, 7) is 5.28. The van der Waals surface area contributed by atoms with E-state index in [1.807, 2.05) is 6.92 Å². The number of imide groups is 1. The fourth-order valence-corrected chi connectivity index (χ4v) is 1.46. The van der Waals surface area contributed by atoms with E-state index in [4.69, 9.17) is 4.74 Å². The van der Waals surface area contributed by atoms with Crippen molar-refractivity contribution in [3.8, 4) is 0 Å². The number of cyclic esters (lactones) is 1. The number of ether oxygens (including phenoxy) is 1. The van der Waals surface area contributed by atoms with Crippen molar-refractivity contribution in [1.29, 1.82) is 0 Å². The Kier molecular flexibility index (Phi) is 3.68. The summed E-state index contributed by atoms with van der Waals surface area (Å²) in [4.78, 5) is 24.3. The summed E-state index contributed by atoms with van der Waals surface area (Å²) in [6, 6.07) is -0.189. The van der Waals surface area contributed by atoms with Gasteiger partial charge in [-0.05, 0) is 13.3 Å². The van der Waals surface area contributed by atoms with Crippen LogP contribution in [-0.4, -0.2) is 40.8 Å². The highest BCUT2D eigenvalue weighted by molar-refractivity contribution is 5.94. The Bertz CT molecular complexity index is 264. The van der Waals surface area contributed by atoms with E-state index in [0.717, 1.165) is 4.90 Å². The van der Waals surface area contributed by atoms with Gasteiger partial charge in [0.05, 0.1) is 18.1 Å². The summed E-state index contributed by atoms with van der Waals surface area (Å²) in [5.74, 6) is -0.941. The van der Waals surface area contributed by atoms with Gasteiger partial charge in [-0.15, -0.1) is 0 Å². The minimum atomic E-state index is -0.761. The molecule has 0 radical (unpaired) electrons. The minimum absolute atomic E-state index is 0.189. The first kappa shape index (κ1) is 12.0. The minimum Gasteiger partial charge on any atom is -0.447 e. The molecule has 5 nitrogen and oxygen atoms in total. The lowest BCUT2D eigenvalue weighted by molar-refractivity contribution is -0.136. The van der Waals surface area contributed by atoms with Crippen LogP contribution in [0, 0.1) is 5.92 Å². The summed E-state index contributed by atoms with van der Waals surface area (Å²) in [6.07, 6.45) is -0.688. The van der Waals surface area contributed by atoms with Crippen molar-refractivity contribution in [3.63, 3.8) is 0 Å². The van der Waals surface area contributed by atoms with Crippen molar-refractivity contribution >= 4 is 12.0 Å². The molecule has 1 saturated heterocycles. The molecule has 0 bridgehead atoms. The number of carbonyl (C=O) groups is 2. The topological polar surface area (TPSA) is 66.8 Å². The van der Waals surface area contributed by atoms with Gasteiger partial charge in [0.1, 0.15) is 6.61 Å². The van der Waals surface area contributed by atoms with E-state index in [1.165, 1.54) is 6.92 Å². The van der Waals surface area contributed by atoms with Crippen LogP contribution in [-0.2, 0) is 9.53 Å². The molecule has 0 aromatic heterocycles. The third-order valence-corrected chi connectivity index (χ3v) is 2.78. The van der Waals surface area contributed by atoms with Crippen molar-refractivity contribution in [3.05, 3.63) is 0 Å². The molecule has 3 atom stereocenters. The Balaban J connectivity index is 2.76. The average molecular weight is 215 g/mol. The van der Waals surface area contributed by atoms with E-state index in [2.05, 4.69) is 0 Å². The Labute approximate surface area is 89.0 Å². The monoisotopic (exact) mass is 215 g/mol. The van der Waals surface area contributed by atoms with Crippen LogP contribution in [0.3, 0.4) is 0 Å². The Hall–Kier alpha value is -1.10. The second kappa shape index (κ2) is 4.61. The normalized spacial score (nSPS) is 24.9. The fourth-order valence-electron chi connectivity index (χ4n) is 1.46. The van der Waals surface area contributed by atoms with Crippen LogP contribution in [0.15, 0.2) is 0 Å². The highest BCUT2D eigenvalue weighted by Gasteiger charge is 2.39. The number of amides is 2. The van der Waals surface area contributed by atoms with Gasteiger partial charge in [0.25, 0.3) is 0 Å². The molecule has 1 aliphatic heterocycles. The van der Waals surface area contributed by atoms with Crippen LogP contribution in [0.2, 0.25) is 0 Å². The first-order chi connectivity index (χ1) is 6.99. The molecular weight excluding hydrogens is 198 g/mol. The molecule has 1 aliphatic rings. The largest absolute Gasteiger partial charge is 0.447 e. The number of hydrogen-bond donors (Lipinski definition) is 1. The number of carbonyl (C=O) groups excluding carboxylic acids is 2. The van der Waals surface area contributed by atoms with Crippen LogP contribution in [0.4, 0.5) is 4.79 Å². The van der Waals surface area contributed by atoms with E-state index in [-0.39, 0.29) is 18.6 Å². The van der Waals surface area contributed by atoms with Crippen molar-refractivity contribution < 1.29 is 19.4 Å². The van der Waals surface area contributed by atoms with Gasteiger partial charge in [-0.1, -0.05) is 13.8 Å². The maximum absolute atomic E-state index is 11.8. The van der Waals surface area contributed by atoms with E-state index in [0.29, 0.717) is 6.42 Å². The highest BCUT2D eigenvalue weighted by atomic mass is 16.6. The van der Waals surface area contributed by atoms with E-state index < -0.39 is 18.1 Å².